The van der Waals surface area contributed by atoms with E-state index in [9.17, 15) is 4.79 Å². The Kier molecular flexibility index (Phi) is 5.66. The first-order chi connectivity index (χ1) is 11.3. The molecule has 0 fully saturated rings. The molecule has 0 aliphatic carbocycles. The summed E-state index contributed by atoms with van der Waals surface area (Å²) in [6, 6.07) is 17.5. The van der Waals surface area contributed by atoms with Crippen LogP contribution in [0.1, 0.15) is 50.5 Å². The van der Waals surface area contributed by atoms with Gasteiger partial charge in [-0.2, -0.15) is 0 Å². The molecule has 0 aliphatic heterocycles. The van der Waals surface area contributed by atoms with Gasteiger partial charge >= 0.3 is 0 Å². The van der Waals surface area contributed by atoms with E-state index in [4.69, 9.17) is 4.74 Å². The van der Waals surface area contributed by atoms with E-state index in [1.165, 1.54) is 0 Å². The summed E-state index contributed by atoms with van der Waals surface area (Å²) in [5.41, 5.74) is 1.50. The number of carbonyl (C=O) groups is 1. The molecule has 0 unspecified atom stereocenters. The molecule has 128 valence electrons. The summed E-state index contributed by atoms with van der Waals surface area (Å²) in [6.07, 6.45) is 0.0818. The Morgan fingerprint density at radius 2 is 1.71 bits per heavy atom. The maximum Gasteiger partial charge on any atom is 0.254 e. The van der Waals surface area contributed by atoms with Crippen LogP contribution in [0.5, 0.6) is 5.75 Å². The summed E-state index contributed by atoms with van der Waals surface area (Å²) >= 11 is 0. The van der Waals surface area contributed by atoms with Crippen LogP contribution in [-0.2, 0) is 6.54 Å². The van der Waals surface area contributed by atoms with Crippen molar-refractivity contribution >= 4 is 5.91 Å². The highest BCUT2D eigenvalue weighted by Gasteiger charge is 2.27. The number of carbonyl (C=O) groups excluding carboxylic acids is 1. The maximum absolute atomic E-state index is 13.1. The predicted octanol–water partition coefficient (Wildman–Crippen LogP) is 4.91. The summed E-state index contributed by atoms with van der Waals surface area (Å²) in [6.45, 7) is 10.7. The summed E-state index contributed by atoms with van der Waals surface area (Å²) in [7, 11) is 0. The SMILES string of the molecule is CC(C)Oc1cccc(C(=O)N(Cc2ccccc2)C(C)(C)C)c1. The Morgan fingerprint density at radius 1 is 1.04 bits per heavy atom. The van der Waals surface area contributed by atoms with E-state index in [1.807, 2.05) is 73.3 Å². The van der Waals surface area contributed by atoms with E-state index in [-0.39, 0.29) is 17.6 Å². The molecule has 2 aromatic rings. The molecular formula is C21H27NO2. The zero-order chi connectivity index (χ0) is 17.7. The van der Waals surface area contributed by atoms with Crippen molar-refractivity contribution in [3.8, 4) is 5.75 Å². The fourth-order valence-corrected chi connectivity index (χ4v) is 2.51. The van der Waals surface area contributed by atoms with Crippen LogP contribution < -0.4 is 4.74 Å². The Balaban J connectivity index is 2.28. The number of hydrogen-bond donors (Lipinski definition) is 0. The van der Waals surface area contributed by atoms with Gasteiger partial charge < -0.3 is 9.64 Å². The van der Waals surface area contributed by atoms with Crippen LogP contribution in [0.25, 0.3) is 0 Å². The molecule has 2 aromatic carbocycles. The van der Waals surface area contributed by atoms with Gasteiger partial charge in [0.1, 0.15) is 5.75 Å². The van der Waals surface area contributed by atoms with E-state index in [2.05, 4.69) is 20.8 Å². The molecule has 3 nitrogen and oxygen atoms in total. The first-order valence-corrected chi connectivity index (χ1v) is 8.40. The molecule has 2 rings (SSSR count). The summed E-state index contributed by atoms with van der Waals surface area (Å²) in [5, 5.41) is 0. The normalized spacial score (nSPS) is 11.4. The zero-order valence-corrected chi connectivity index (χ0v) is 15.2. The average molecular weight is 325 g/mol. The fourth-order valence-electron chi connectivity index (χ4n) is 2.51. The fraction of sp³-hybridized carbons (Fsp3) is 0.381. The number of amides is 1. The largest absolute Gasteiger partial charge is 0.491 e. The van der Waals surface area contributed by atoms with E-state index in [0.717, 1.165) is 11.3 Å². The maximum atomic E-state index is 13.1. The predicted molar refractivity (Wildman–Crippen MR) is 98.3 cm³/mol. The second-order valence-electron chi connectivity index (χ2n) is 7.24. The van der Waals surface area contributed by atoms with Crippen molar-refractivity contribution in [3.63, 3.8) is 0 Å². The minimum Gasteiger partial charge on any atom is -0.491 e. The molecule has 0 spiro atoms. The van der Waals surface area contributed by atoms with Crippen molar-refractivity contribution in [2.75, 3.05) is 0 Å². The molecule has 0 saturated heterocycles. The Labute approximate surface area is 145 Å². The number of ether oxygens (including phenoxy) is 1. The van der Waals surface area contributed by atoms with Crippen LogP contribution in [0, 0.1) is 0 Å². The molecule has 0 aliphatic rings. The van der Waals surface area contributed by atoms with Crippen LogP contribution in [0.3, 0.4) is 0 Å². The van der Waals surface area contributed by atoms with E-state index in [0.29, 0.717) is 12.1 Å². The summed E-state index contributed by atoms with van der Waals surface area (Å²) in [5.74, 6) is 0.741. The minimum atomic E-state index is -0.276. The average Bonchev–Trinajstić information content (AvgIpc) is 2.51. The van der Waals surface area contributed by atoms with E-state index >= 15 is 0 Å². The molecule has 0 radical (unpaired) electrons. The molecule has 0 atom stereocenters. The molecule has 24 heavy (non-hydrogen) atoms. The quantitative estimate of drug-likeness (QED) is 0.781. The molecule has 1 amide bonds. The van der Waals surface area contributed by atoms with Gasteiger partial charge in [0.2, 0.25) is 0 Å². The van der Waals surface area contributed by atoms with E-state index in [1.54, 1.807) is 0 Å². The van der Waals surface area contributed by atoms with Crippen molar-refractivity contribution in [1.29, 1.82) is 0 Å². The highest BCUT2D eigenvalue weighted by Crippen LogP contribution is 2.23. The van der Waals surface area contributed by atoms with E-state index < -0.39 is 0 Å². The first-order valence-electron chi connectivity index (χ1n) is 8.40. The van der Waals surface area contributed by atoms with Gasteiger partial charge in [-0.3, -0.25) is 4.79 Å². The number of hydrogen-bond acceptors (Lipinski definition) is 2. The lowest BCUT2D eigenvalue weighted by atomic mass is 10.0. The third-order valence-corrected chi connectivity index (χ3v) is 3.69. The molecule has 0 saturated carbocycles. The molecule has 0 aromatic heterocycles. The summed E-state index contributed by atoms with van der Waals surface area (Å²) in [4.78, 5) is 15.0. The van der Waals surface area contributed by atoms with Gasteiger partial charge in [-0.1, -0.05) is 36.4 Å². The van der Waals surface area contributed by atoms with Crippen LogP contribution in [0.2, 0.25) is 0 Å². The lowest BCUT2D eigenvalue weighted by Crippen LogP contribution is -2.45. The molecular weight excluding hydrogens is 298 g/mol. The molecule has 0 N–H and O–H groups in total. The summed E-state index contributed by atoms with van der Waals surface area (Å²) < 4.78 is 5.72. The first kappa shape index (κ1) is 18.1. The Bertz CT molecular complexity index is 672. The minimum absolute atomic E-state index is 0.0144. The Morgan fingerprint density at radius 3 is 2.29 bits per heavy atom. The molecule has 0 bridgehead atoms. The highest BCUT2D eigenvalue weighted by atomic mass is 16.5. The lowest BCUT2D eigenvalue weighted by molar-refractivity contribution is 0.0558. The Hall–Kier alpha value is -2.29. The molecule has 0 heterocycles. The van der Waals surface area contributed by atoms with Crippen LogP contribution in [-0.4, -0.2) is 22.4 Å². The standard InChI is InChI=1S/C21H27NO2/c1-16(2)24-19-13-9-12-18(14-19)20(23)22(21(3,4)5)15-17-10-7-6-8-11-17/h6-14,16H,15H2,1-5H3. The van der Waals surface area contributed by atoms with Crippen molar-refractivity contribution < 1.29 is 9.53 Å². The second kappa shape index (κ2) is 7.52. The monoisotopic (exact) mass is 325 g/mol. The van der Waals surface area contributed by atoms with Gasteiger partial charge in [-0.05, 0) is 58.4 Å². The number of benzene rings is 2. The van der Waals surface area contributed by atoms with Crippen LogP contribution >= 0.6 is 0 Å². The van der Waals surface area contributed by atoms with Gasteiger partial charge in [-0.15, -0.1) is 0 Å². The van der Waals surface area contributed by atoms with Crippen molar-refractivity contribution in [2.45, 2.75) is 52.8 Å². The number of rotatable bonds is 5. The van der Waals surface area contributed by atoms with Gasteiger partial charge in [0, 0.05) is 17.6 Å². The van der Waals surface area contributed by atoms with Crippen molar-refractivity contribution in [2.24, 2.45) is 0 Å². The third-order valence-electron chi connectivity index (χ3n) is 3.69. The van der Waals surface area contributed by atoms with Gasteiger partial charge in [0.05, 0.1) is 6.10 Å². The molecule has 3 heteroatoms. The van der Waals surface area contributed by atoms with Crippen LogP contribution in [0.15, 0.2) is 54.6 Å². The second-order valence-corrected chi connectivity index (χ2v) is 7.24. The van der Waals surface area contributed by atoms with Crippen molar-refractivity contribution in [3.05, 3.63) is 65.7 Å². The topological polar surface area (TPSA) is 29.5 Å². The smallest absolute Gasteiger partial charge is 0.254 e. The van der Waals surface area contributed by atoms with Crippen LogP contribution in [0.4, 0.5) is 0 Å². The van der Waals surface area contributed by atoms with Gasteiger partial charge in [0.25, 0.3) is 5.91 Å². The lowest BCUT2D eigenvalue weighted by Gasteiger charge is -2.36. The zero-order valence-electron chi connectivity index (χ0n) is 15.2. The third kappa shape index (κ3) is 4.85. The van der Waals surface area contributed by atoms with Gasteiger partial charge in [-0.25, -0.2) is 0 Å². The number of nitrogens with zero attached hydrogens (tertiary/aromatic N) is 1. The van der Waals surface area contributed by atoms with Crippen molar-refractivity contribution in [1.82, 2.24) is 4.90 Å². The highest BCUT2D eigenvalue weighted by molar-refractivity contribution is 5.95. The van der Waals surface area contributed by atoms with Gasteiger partial charge in [0.15, 0.2) is 0 Å².